The quantitative estimate of drug-likeness (QED) is 0.619. The van der Waals surface area contributed by atoms with Gasteiger partial charge in [0.25, 0.3) is 0 Å². The van der Waals surface area contributed by atoms with Gasteiger partial charge in [-0.2, -0.15) is 9.29 Å². The maximum Gasteiger partial charge on any atom is 0.573 e. The van der Waals surface area contributed by atoms with E-state index in [0.29, 0.717) is 17.3 Å². The molecule has 1 fully saturated rings. The molecule has 152 valence electrons. The van der Waals surface area contributed by atoms with E-state index in [4.69, 9.17) is 4.52 Å². The van der Waals surface area contributed by atoms with E-state index >= 15 is 0 Å². The summed E-state index contributed by atoms with van der Waals surface area (Å²) in [5.41, 5.74) is 0.674. The standard InChI is InChI=1S/C17H13F3N4O4S/c18-17(19,20)27-13-3-5-14(6-4-13)29(25,26)24-9-12(10-24)16-22-15(23-28-16)11-2-1-7-21-8-11/h1-8,12H,9-10H2. The number of pyridine rings is 1. The van der Waals surface area contributed by atoms with Gasteiger partial charge in [0.1, 0.15) is 5.75 Å². The third kappa shape index (κ3) is 4.07. The molecule has 8 nitrogen and oxygen atoms in total. The number of halogens is 3. The fourth-order valence-corrected chi connectivity index (χ4v) is 4.30. The zero-order valence-electron chi connectivity index (χ0n) is 14.6. The SMILES string of the molecule is O=S(=O)(c1ccc(OC(F)(F)F)cc1)N1CC(c2nc(-c3cccnc3)no2)C1. The molecule has 0 spiro atoms. The fourth-order valence-electron chi connectivity index (χ4n) is 2.77. The van der Waals surface area contributed by atoms with E-state index in [1.807, 2.05) is 0 Å². The molecule has 0 N–H and O–H groups in total. The van der Waals surface area contributed by atoms with Gasteiger partial charge < -0.3 is 9.26 Å². The van der Waals surface area contributed by atoms with Gasteiger partial charge in [0, 0.05) is 31.0 Å². The van der Waals surface area contributed by atoms with Crippen molar-refractivity contribution in [3.63, 3.8) is 0 Å². The predicted molar refractivity (Wildman–Crippen MR) is 92.2 cm³/mol. The van der Waals surface area contributed by atoms with E-state index in [1.54, 1.807) is 24.5 Å². The highest BCUT2D eigenvalue weighted by Gasteiger charge is 2.40. The molecular formula is C17H13F3N4O4S. The number of hydrogen-bond acceptors (Lipinski definition) is 7. The topological polar surface area (TPSA) is 98.4 Å². The van der Waals surface area contributed by atoms with E-state index in [2.05, 4.69) is 19.9 Å². The number of hydrogen-bond donors (Lipinski definition) is 0. The highest BCUT2D eigenvalue weighted by molar-refractivity contribution is 7.89. The minimum atomic E-state index is -4.84. The predicted octanol–water partition coefficient (Wildman–Crippen LogP) is 2.82. The number of ether oxygens (including phenoxy) is 1. The van der Waals surface area contributed by atoms with Gasteiger partial charge in [-0.1, -0.05) is 5.16 Å². The Morgan fingerprint density at radius 3 is 2.48 bits per heavy atom. The monoisotopic (exact) mass is 426 g/mol. The molecule has 1 aliphatic heterocycles. The zero-order valence-corrected chi connectivity index (χ0v) is 15.4. The first kappa shape index (κ1) is 19.3. The van der Waals surface area contributed by atoms with Gasteiger partial charge in [-0.25, -0.2) is 8.42 Å². The molecule has 0 radical (unpaired) electrons. The van der Waals surface area contributed by atoms with Crippen LogP contribution in [0.5, 0.6) is 5.75 Å². The Morgan fingerprint density at radius 1 is 1.14 bits per heavy atom. The lowest BCUT2D eigenvalue weighted by atomic mass is 10.0. The van der Waals surface area contributed by atoms with Crippen LogP contribution < -0.4 is 4.74 Å². The van der Waals surface area contributed by atoms with Crippen molar-refractivity contribution in [1.29, 1.82) is 0 Å². The van der Waals surface area contributed by atoms with Crippen molar-refractivity contribution in [2.75, 3.05) is 13.1 Å². The van der Waals surface area contributed by atoms with Crippen molar-refractivity contribution in [3.8, 4) is 17.1 Å². The van der Waals surface area contributed by atoms with Crippen molar-refractivity contribution in [3.05, 3.63) is 54.7 Å². The molecule has 0 aliphatic carbocycles. The summed E-state index contributed by atoms with van der Waals surface area (Å²) in [4.78, 5) is 8.12. The summed E-state index contributed by atoms with van der Waals surface area (Å²) in [7, 11) is -3.85. The van der Waals surface area contributed by atoms with Crippen LogP contribution in [0.3, 0.4) is 0 Å². The minimum absolute atomic E-state index is 0.123. The molecular weight excluding hydrogens is 413 g/mol. The van der Waals surface area contributed by atoms with Crippen LogP contribution in [0.2, 0.25) is 0 Å². The van der Waals surface area contributed by atoms with Crippen molar-refractivity contribution < 1.29 is 30.8 Å². The Labute approximate surface area is 163 Å². The molecule has 29 heavy (non-hydrogen) atoms. The van der Waals surface area contributed by atoms with Gasteiger partial charge in [-0.3, -0.25) is 4.98 Å². The highest BCUT2D eigenvalue weighted by atomic mass is 32.2. The Balaban J connectivity index is 1.42. The van der Waals surface area contributed by atoms with Gasteiger partial charge in [-0.05, 0) is 36.4 Å². The average Bonchev–Trinajstić information content (AvgIpc) is 3.10. The van der Waals surface area contributed by atoms with Crippen molar-refractivity contribution in [1.82, 2.24) is 19.4 Å². The van der Waals surface area contributed by atoms with E-state index in [1.165, 1.54) is 4.31 Å². The first-order chi connectivity index (χ1) is 13.7. The zero-order chi connectivity index (χ0) is 20.6. The van der Waals surface area contributed by atoms with Crippen LogP contribution in [0.15, 0.2) is 58.2 Å². The van der Waals surface area contributed by atoms with Crippen LogP contribution in [0, 0.1) is 0 Å². The van der Waals surface area contributed by atoms with Crippen LogP contribution in [0.25, 0.3) is 11.4 Å². The molecule has 12 heteroatoms. The second-order valence-corrected chi connectivity index (χ2v) is 8.17. The Morgan fingerprint density at radius 2 is 1.86 bits per heavy atom. The first-order valence-corrected chi connectivity index (χ1v) is 9.76. The van der Waals surface area contributed by atoms with Crippen LogP contribution in [0.4, 0.5) is 13.2 Å². The lowest BCUT2D eigenvalue weighted by Gasteiger charge is -2.35. The van der Waals surface area contributed by atoms with Gasteiger partial charge in [0.05, 0.1) is 10.8 Å². The maximum absolute atomic E-state index is 12.6. The molecule has 1 aromatic carbocycles. The average molecular weight is 426 g/mol. The normalized spacial score (nSPS) is 15.8. The highest BCUT2D eigenvalue weighted by Crippen LogP contribution is 2.33. The second-order valence-electron chi connectivity index (χ2n) is 6.24. The van der Waals surface area contributed by atoms with E-state index in [9.17, 15) is 21.6 Å². The number of rotatable bonds is 5. The molecule has 0 amide bonds. The van der Waals surface area contributed by atoms with Gasteiger partial charge >= 0.3 is 6.36 Å². The fraction of sp³-hybridized carbons (Fsp3) is 0.235. The third-order valence-electron chi connectivity index (χ3n) is 4.25. The van der Waals surface area contributed by atoms with Crippen molar-refractivity contribution in [2.45, 2.75) is 17.2 Å². The Bertz CT molecular complexity index is 1100. The summed E-state index contributed by atoms with van der Waals surface area (Å²) in [5.74, 6) is -0.0962. The lowest BCUT2D eigenvalue weighted by Crippen LogP contribution is -2.48. The van der Waals surface area contributed by atoms with Crippen LogP contribution in [0.1, 0.15) is 11.8 Å². The molecule has 4 rings (SSSR count). The third-order valence-corrected chi connectivity index (χ3v) is 6.10. The maximum atomic E-state index is 12.6. The van der Waals surface area contributed by atoms with Crippen molar-refractivity contribution in [2.24, 2.45) is 0 Å². The largest absolute Gasteiger partial charge is 0.573 e. The molecule has 0 saturated carbocycles. The number of nitrogens with zero attached hydrogens (tertiary/aromatic N) is 4. The molecule has 0 atom stereocenters. The van der Waals surface area contributed by atoms with E-state index in [0.717, 1.165) is 24.3 Å². The van der Waals surface area contributed by atoms with Crippen LogP contribution >= 0.6 is 0 Å². The lowest BCUT2D eigenvalue weighted by molar-refractivity contribution is -0.274. The molecule has 3 heterocycles. The molecule has 0 bridgehead atoms. The van der Waals surface area contributed by atoms with Gasteiger partial charge in [0.2, 0.25) is 21.7 Å². The number of aromatic nitrogens is 3. The summed E-state index contributed by atoms with van der Waals surface area (Å²) < 4.78 is 72.0. The molecule has 1 saturated heterocycles. The number of benzene rings is 1. The second kappa shape index (κ2) is 7.12. The van der Waals surface area contributed by atoms with Crippen LogP contribution in [-0.4, -0.2) is 47.3 Å². The number of sulfonamides is 1. The minimum Gasteiger partial charge on any atom is -0.406 e. The van der Waals surface area contributed by atoms with Gasteiger partial charge in [0.15, 0.2) is 0 Å². The summed E-state index contributed by atoms with van der Waals surface area (Å²) in [6.45, 7) is 0.246. The number of alkyl halides is 3. The molecule has 0 unspecified atom stereocenters. The molecule has 3 aromatic rings. The van der Waals surface area contributed by atoms with Gasteiger partial charge in [-0.15, -0.1) is 13.2 Å². The summed E-state index contributed by atoms with van der Waals surface area (Å²) in [5, 5.41) is 3.87. The molecule has 1 aliphatic rings. The Kier molecular flexibility index (Phi) is 4.74. The van der Waals surface area contributed by atoms with Crippen LogP contribution in [-0.2, 0) is 10.0 Å². The molecule has 2 aromatic heterocycles. The van der Waals surface area contributed by atoms with E-state index < -0.39 is 22.1 Å². The smallest absolute Gasteiger partial charge is 0.406 e. The van der Waals surface area contributed by atoms with Crippen molar-refractivity contribution >= 4 is 10.0 Å². The Hall–Kier alpha value is -2.99. The summed E-state index contributed by atoms with van der Waals surface area (Å²) >= 11 is 0. The van der Waals surface area contributed by atoms with E-state index in [-0.39, 0.29) is 23.9 Å². The summed E-state index contributed by atoms with van der Waals surface area (Å²) in [6.07, 6.45) is -1.65. The first-order valence-electron chi connectivity index (χ1n) is 8.32. The summed E-state index contributed by atoms with van der Waals surface area (Å²) in [6, 6.07) is 7.54.